The molecule has 0 aromatic carbocycles. The lowest BCUT2D eigenvalue weighted by atomic mass is 10.1. The van der Waals surface area contributed by atoms with Crippen molar-refractivity contribution in [3.8, 4) is 0 Å². The molecule has 1 fully saturated rings. The molecule has 1 aliphatic heterocycles. The average Bonchev–Trinajstić information content (AvgIpc) is 3.65. The molecule has 23 nitrogen and oxygen atoms in total. The summed E-state index contributed by atoms with van der Waals surface area (Å²) in [6.45, 7) is 2.32. The van der Waals surface area contributed by atoms with Crippen molar-refractivity contribution < 1.29 is 73.2 Å². The van der Waals surface area contributed by atoms with Crippen molar-refractivity contribution >= 4 is 88.8 Å². The zero-order valence-electron chi connectivity index (χ0n) is 33.0. The number of hydrogen-bond donors (Lipinski definition) is 11. The number of carbonyl (C=O) groups excluding carboxylic acids is 7. The van der Waals surface area contributed by atoms with Crippen molar-refractivity contribution in [2.45, 2.75) is 114 Å². The Hall–Kier alpha value is -5.17. The SMILES string of the molecule is CSCC[C@H](NC(=O)[C@@H]1CCCN1C(=O)[C@H](CC(=O)O)NC(=O)[C@H](CCC(=O)O)NC(=O)[C@H](C)NC(=O)[C@H](C)NC(=O)[C@H](CC(=O)O)NC(=O)[C@@H](N)CCSC)C(=O)O. The number of nitrogens with two attached hydrogens (primary N) is 1. The van der Waals surface area contributed by atoms with Gasteiger partial charge in [-0.15, -0.1) is 0 Å². The summed E-state index contributed by atoms with van der Waals surface area (Å²) in [5.74, 6) is -11.6. The summed E-state index contributed by atoms with van der Waals surface area (Å²) in [5.41, 5.74) is 5.80. The van der Waals surface area contributed by atoms with Gasteiger partial charge in [-0.25, -0.2) is 4.79 Å². The summed E-state index contributed by atoms with van der Waals surface area (Å²) in [4.78, 5) is 139. The van der Waals surface area contributed by atoms with Crippen LogP contribution in [0.4, 0.5) is 0 Å². The van der Waals surface area contributed by atoms with Crippen LogP contribution in [0.2, 0.25) is 0 Å². The first-order chi connectivity index (χ1) is 27.6. The van der Waals surface area contributed by atoms with E-state index in [-0.39, 0.29) is 32.2 Å². The van der Waals surface area contributed by atoms with E-state index in [9.17, 15) is 73.2 Å². The maximum atomic E-state index is 13.7. The number of nitrogens with zero attached hydrogens (tertiary/aromatic N) is 1. The first-order valence-corrected chi connectivity index (χ1v) is 21.2. The summed E-state index contributed by atoms with van der Waals surface area (Å²) in [5, 5.41) is 51.2. The molecule has 7 amide bonds. The van der Waals surface area contributed by atoms with E-state index >= 15 is 0 Å². The molecular weight excluding hydrogens is 825 g/mol. The van der Waals surface area contributed by atoms with E-state index in [1.165, 1.54) is 37.4 Å². The average molecular weight is 879 g/mol. The van der Waals surface area contributed by atoms with Crippen LogP contribution in [0.25, 0.3) is 0 Å². The first-order valence-electron chi connectivity index (χ1n) is 18.4. The van der Waals surface area contributed by atoms with Gasteiger partial charge in [0.15, 0.2) is 0 Å². The number of carboxylic acid groups (broad SMARTS) is 4. The number of likely N-dealkylation sites (tertiary alicyclic amines) is 1. The van der Waals surface area contributed by atoms with Crippen LogP contribution in [0, 0.1) is 0 Å². The molecule has 0 aromatic rings. The highest BCUT2D eigenvalue weighted by Gasteiger charge is 2.40. The van der Waals surface area contributed by atoms with Crippen LogP contribution in [0.5, 0.6) is 0 Å². The lowest BCUT2D eigenvalue weighted by Gasteiger charge is -2.30. The van der Waals surface area contributed by atoms with Crippen LogP contribution >= 0.6 is 23.5 Å². The first kappa shape index (κ1) is 51.8. The smallest absolute Gasteiger partial charge is 0.326 e. The minimum atomic E-state index is -1.81. The third kappa shape index (κ3) is 18.5. The molecule has 8 atom stereocenters. The maximum Gasteiger partial charge on any atom is 0.326 e. The van der Waals surface area contributed by atoms with Gasteiger partial charge in [0.25, 0.3) is 0 Å². The topological polar surface area (TPSA) is 370 Å². The molecule has 1 rings (SSSR count). The highest BCUT2D eigenvalue weighted by molar-refractivity contribution is 7.98. The molecule has 0 unspecified atom stereocenters. The predicted molar refractivity (Wildman–Crippen MR) is 211 cm³/mol. The second-order valence-electron chi connectivity index (χ2n) is 13.5. The molecule has 1 aliphatic rings. The van der Waals surface area contributed by atoms with Crippen LogP contribution in [0.15, 0.2) is 0 Å². The molecule has 332 valence electrons. The van der Waals surface area contributed by atoms with Crippen molar-refractivity contribution in [1.29, 1.82) is 0 Å². The Morgan fingerprint density at radius 1 is 0.610 bits per heavy atom. The van der Waals surface area contributed by atoms with E-state index in [2.05, 4.69) is 31.9 Å². The zero-order chi connectivity index (χ0) is 45.0. The monoisotopic (exact) mass is 878 g/mol. The van der Waals surface area contributed by atoms with E-state index in [1.54, 1.807) is 12.5 Å². The Labute approximate surface area is 347 Å². The lowest BCUT2D eigenvalue weighted by molar-refractivity contribution is -0.147. The number of rotatable bonds is 27. The number of hydrogen-bond acceptors (Lipinski definition) is 14. The highest BCUT2D eigenvalue weighted by atomic mass is 32.2. The zero-order valence-corrected chi connectivity index (χ0v) is 34.7. The van der Waals surface area contributed by atoms with Gasteiger partial charge in [0.05, 0.1) is 18.9 Å². The van der Waals surface area contributed by atoms with E-state index in [0.29, 0.717) is 11.5 Å². The molecule has 1 saturated heterocycles. The van der Waals surface area contributed by atoms with Crippen molar-refractivity contribution in [2.75, 3.05) is 30.6 Å². The predicted octanol–water partition coefficient (Wildman–Crippen LogP) is -3.34. The van der Waals surface area contributed by atoms with E-state index < -0.39 is 139 Å². The minimum absolute atomic E-state index is 0.0396. The van der Waals surface area contributed by atoms with Crippen LogP contribution in [-0.4, -0.2) is 169 Å². The summed E-state index contributed by atoms with van der Waals surface area (Å²) in [6.07, 6.45) is 1.17. The Bertz CT molecular complexity index is 1570. The molecule has 59 heavy (non-hydrogen) atoms. The summed E-state index contributed by atoms with van der Waals surface area (Å²) >= 11 is 2.77. The third-order valence-electron chi connectivity index (χ3n) is 8.82. The molecule has 0 saturated carbocycles. The Morgan fingerprint density at radius 3 is 1.64 bits per heavy atom. The highest BCUT2D eigenvalue weighted by Crippen LogP contribution is 2.20. The summed E-state index contributed by atoms with van der Waals surface area (Å²) < 4.78 is 0. The van der Waals surface area contributed by atoms with E-state index in [0.717, 1.165) is 4.90 Å². The second kappa shape index (κ2) is 26.0. The van der Waals surface area contributed by atoms with Crippen molar-refractivity contribution in [3.63, 3.8) is 0 Å². The normalized spacial score (nSPS) is 17.0. The maximum absolute atomic E-state index is 13.7. The lowest BCUT2D eigenvalue weighted by Crippen LogP contribution is -2.59. The number of thioether (sulfide) groups is 2. The van der Waals surface area contributed by atoms with Gasteiger partial charge in [0.2, 0.25) is 41.4 Å². The van der Waals surface area contributed by atoms with E-state index in [4.69, 9.17) is 5.73 Å². The van der Waals surface area contributed by atoms with Gasteiger partial charge in [-0.05, 0) is 70.0 Å². The second-order valence-corrected chi connectivity index (χ2v) is 15.5. The van der Waals surface area contributed by atoms with Gasteiger partial charge in [-0.3, -0.25) is 47.9 Å². The Kier molecular flexibility index (Phi) is 22.9. The summed E-state index contributed by atoms with van der Waals surface area (Å²) in [6, 6.07) is -11.5. The van der Waals surface area contributed by atoms with Gasteiger partial charge in [-0.1, -0.05) is 0 Å². The van der Waals surface area contributed by atoms with Gasteiger partial charge >= 0.3 is 23.9 Å². The Morgan fingerprint density at radius 2 is 1.10 bits per heavy atom. The fourth-order valence-electron chi connectivity index (χ4n) is 5.57. The number of carboxylic acids is 4. The molecule has 12 N–H and O–H groups in total. The molecule has 0 aliphatic carbocycles. The quantitative estimate of drug-likeness (QED) is 0.0384. The van der Waals surface area contributed by atoms with Crippen molar-refractivity contribution in [1.82, 2.24) is 36.8 Å². The van der Waals surface area contributed by atoms with Gasteiger partial charge in [0, 0.05) is 13.0 Å². The number of carbonyl (C=O) groups is 11. The number of aliphatic carboxylic acids is 4. The van der Waals surface area contributed by atoms with Crippen molar-refractivity contribution in [3.05, 3.63) is 0 Å². The van der Waals surface area contributed by atoms with Gasteiger partial charge < -0.3 is 63.0 Å². The number of amides is 7. The molecule has 25 heteroatoms. The standard InChI is InChI=1S/C34H54N8O15S2/c1-16(37-31(53)21(14-25(45)46)40-29(51)18(35)9-12-58-3)27(49)36-17(2)28(50)38-19(7-8-24(43)44)30(52)41-22(15-26(47)48)33(55)42-11-5-6-23(42)32(54)39-20(34(56)57)10-13-59-4/h16-23H,5-15,35H2,1-4H3,(H,36,49)(H,37,53)(H,38,50)(H,39,54)(H,40,51)(H,41,52)(H,43,44)(H,45,46)(H,47,48)(H,56,57)/t16-,17-,18-,19-,20-,21-,22-,23-/m0/s1. The van der Waals surface area contributed by atoms with Gasteiger partial charge in [0.1, 0.15) is 42.3 Å². The van der Waals surface area contributed by atoms with Crippen LogP contribution in [0.3, 0.4) is 0 Å². The molecule has 0 spiro atoms. The largest absolute Gasteiger partial charge is 0.481 e. The van der Waals surface area contributed by atoms with Gasteiger partial charge in [-0.2, -0.15) is 23.5 Å². The Balaban J connectivity index is 3.09. The molecule has 0 bridgehead atoms. The molecular formula is C34H54N8O15S2. The van der Waals surface area contributed by atoms with Crippen LogP contribution < -0.4 is 37.6 Å². The fourth-order valence-corrected chi connectivity index (χ4v) is 6.53. The summed E-state index contributed by atoms with van der Waals surface area (Å²) in [7, 11) is 0. The van der Waals surface area contributed by atoms with Crippen LogP contribution in [-0.2, 0) is 52.7 Å². The number of nitrogens with one attached hydrogen (secondary N) is 6. The molecule has 0 radical (unpaired) electrons. The minimum Gasteiger partial charge on any atom is -0.481 e. The fraction of sp³-hybridized carbons (Fsp3) is 0.676. The van der Waals surface area contributed by atoms with E-state index in [1.807, 2.05) is 0 Å². The molecule has 1 heterocycles. The third-order valence-corrected chi connectivity index (χ3v) is 10.1. The van der Waals surface area contributed by atoms with Crippen molar-refractivity contribution in [2.24, 2.45) is 5.73 Å². The van der Waals surface area contributed by atoms with Crippen LogP contribution in [0.1, 0.15) is 65.2 Å². The molecule has 0 aromatic heterocycles.